The molecule has 0 amide bonds. The lowest BCUT2D eigenvalue weighted by Crippen LogP contribution is -1.88. The molecule has 0 saturated carbocycles. The number of benzene rings is 3. The molecule has 4 nitrogen and oxygen atoms in total. The Hall–Kier alpha value is -4.28. The van der Waals surface area contributed by atoms with Gasteiger partial charge in [-0.25, -0.2) is 9.97 Å². The summed E-state index contributed by atoms with van der Waals surface area (Å²) < 4.78 is 0. The van der Waals surface area contributed by atoms with E-state index in [0.717, 1.165) is 33.8 Å². The van der Waals surface area contributed by atoms with Gasteiger partial charge in [-0.3, -0.25) is 0 Å². The van der Waals surface area contributed by atoms with Gasteiger partial charge in [0.1, 0.15) is 22.7 Å². The molecule has 0 saturated heterocycles. The standard InChI is InChI=1S/C24H14N4/c1-3-17-19-21(27-23(25-19)15-11-7-5-8-12-15)18(4-2)22-20(17)26-24(28-22)16-13-9-6-10-14-16/h1-2,5-14H,(H,25,27)(H,26,28). The van der Waals surface area contributed by atoms with Crippen molar-refractivity contribution in [1.82, 2.24) is 19.9 Å². The zero-order valence-electron chi connectivity index (χ0n) is 14.8. The topological polar surface area (TPSA) is 57.4 Å². The maximum atomic E-state index is 5.87. The zero-order chi connectivity index (χ0) is 19.1. The van der Waals surface area contributed by atoms with Gasteiger partial charge >= 0.3 is 0 Å². The molecule has 0 bridgehead atoms. The van der Waals surface area contributed by atoms with Gasteiger partial charge in [-0.1, -0.05) is 72.5 Å². The molecule has 0 atom stereocenters. The van der Waals surface area contributed by atoms with Crippen LogP contribution in [0.5, 0.6) is 0 Å². The highest BCUT2D eigenvalue weighted by molar-refractivity contribution is 6.05. The maximum Gasteiger partial charge on any atom is 0.138 e. The summed E-state index contributed by atoms with van der Waals surface area (Å²) in [4.78, 5) is 16.2. The number of aromatic amines is 2. The number of imidazole rings is 2. The quantitative estimate of drug-likeness (QED) is 0.448. The van der Waals surface area contributed by atoms with E-state index in [0.29, 0.717) is 22.2 Å². The fourth-order valence-electron chi connectivity index (χ4n) is 3.45. The Balaban J connectivity index is 1.85. The lowest BCUT2D eigenvalue weighted by atomic mass is 10.1. The van der Waals surface area contributed by atoms with E-state index < -0.39 is 0 Å². The molecule has 2 aromatic heterocycles. The summed E-state index contributed by atoms with van der Waals surface area (Å²) >= 11 is 0. The smallest absolute Gasteiger partial charge is 0.138 e. The van der Waals surface area contributed by atoms with Crippen molar-refractivity contribution < 1.29 is 0 Å². The minimum absolute atomic E-state index is 0.626. The molecule has 0 aliphatic carbocycles. The molecule has 0 unspecified atom stereocenters. The van der Waals surface area contributed by atoms with Gasteiger partial charge in [0.05, 0.1) is 22.2 Å². The first kappa shape index (κ1) is 15.9. The van der Waals surface area contributed by atoms with Gasteiger partial charge in [0.2, 0.25) is 0 Å². The number of H-pyrrole nitrogens is 2. The SMILES string of the molecule is C#Cc1c2nc(-c3ccccc3)[nH]c2c(C#C)c2[nH]c(-c3ccccc3)nc12. The highest BCUT2D eigenvalue weighted by Gasteiger charge is 2.20. The highest BCUT2D eigenvalue weighted by atomic mass is 15.0. The van der Waals surface area contributed by atoms with Crippen LogP contribution in [-0.4, -0.2) is 19.9 Å². The molecule has 130 valence electrons. The predicted molar refractivity (Wildman–Crippen MR) is 112 cm³/mol. The Morgan fingerprint density at radius 2 is 1.04 bits per heavy atom. The molecule has 3 aromatic carbocycles. The third kappa shape index (κ3) is 2.30. The third-order valence-corrected chi connectivity index (χ3v) is 4.76. The molecule has 0 radical (unpaired) electrons. The minimum atomic E-state index is 0.626. The van der Waals surface area contributed by atoms with E-state index in [1.165, 1.54) is 0 Å². The first-order valence-electron chi connectivity index (χ1n) is 8.79. The number of fused-ring (bicyclic) bond motifs is 2. The average molecular weight is 358 g/mol. The summed E-state index contributed by atoms with van der Waals surface area (Å²) in [5.41, 5.74) is 6.03. The Morgan fingerprint density at radius 1 is 0.607 bits per heavy atom. The molecular formula is C24H14N4. The van der Waals surface area contributed by atoms with Gasteiger partial charge in [-0.15, -0.1) is 12.8 Å². The third-order valence-electron chi connectivity index (χ3n) is 4.76. The summed E-state index contributed by atoms with van der Waals surface area (Å²) in [5.74, 6) is 6.99. The van der Waals surface area contributed by atoms with Crippen LogP contribution in [0.3, 0.4) is 0 Å². The molecule has 2 N–H and O–H groups in total. The van der Waals surface area contributed by atoms with E-state index in [4.69, 9.17) is 22.8 Å². The number of nitrogens with one attached hydrogen (secondary N) is 2. The average Bonchev–Trinajstić information content (AvgIpc) is 3.38. The Labute approximate surface area is 161 Å². The fourth-order valence-corrected chi connectivity index (χ4v) is 3.45. The van der Waals surface area contributed by atoms with Crippen molar-refractivity contribution in [2.45, 2.75) is 0 Å². The van der Waals surface area contributed by atoms with Crippen molar-refractivity contribution in [3.05, 3.63) is 71.8 Å². The molecule has 0 aliphatic rings. The second kappa shape index (κ2) is 6.16. The number of hydrogen-bond donors (Lipinski definition) is 2. The van der Waals surface area contributed by atoms with E-state index in [-0.39, 0.29) is 0 Å². The number of aromatic nitrogens is 4. The van der Waals surface area contributed by atoms with Crippen molar-refractivity contribution in [3.8, 4) is 47.5 Å². The number of rotatable bonds is 2. The molecule has 0 spiro atoms. The van der Waals surface area contributed by atoms with Gasteiger partial charge in [0.25, 0.3) is 0 Å². The first-order valence-corrected chi connectivity index (χ1v) is 8.79. The second-order valence-electron chi connectivity index (χ2n) is 6.39. The number of hydrogen-bond acceptors (Lipinski definition) is 2. The van der Waals surface area contributed by atoms with E-state index in [9.17, 15) is 0 Å². The number of terminal acetylenes is 2. The normalized spacial score (nSPS) is 10.8. The Bertz CT molecular complexity index is 1240. The van der Waals surface area contributed by atoms with Gasteiger partial charge < -0.3 is 9.97 Å². The van der Waals surface area contributed by atoms with Crippen LogP contribution in [0.25, 0.3) is 44.8 Å². The van der Waals surface area contributed by atoms with Gasteiger partial charge in [0.15, 0.2) is 0 Å². The van der Waals surface area contributed by atoms with Gasteiger partial charge in [-0.05, 0) is 0 Å². The Morgan fingerprint density at radius 3 is 1.43 bits per heavy atom. The summed E-state index contributed by atoms with van der Waals surface area (Å²) in [7, 11) is 0. The summed E-state index contributed by atoms with van der Waals surface area (Å²) in [6.07, 6.45) is 11.7. The lowest BCUT2D eigenvalue weighted by molar-refractivity contribution is 1.32. The van der Waals surface area contributed by atoms with Crippen LogP contribution in [0.15, 0.2) is 60.7 Å². The van der Waals surface area contributed by atoms with E-state index in [1.54, 1.807) is 0 Å². The van der Waals surface area contributed by atoms with Crippen LogP contribution < -0.4 is 0 Å². The molecular weight excluding hydrogens is 344 g/mol. The molecule has 4 heteroatoms. The molecule has 5 aromatic rings. The summed E-state index contributed by atoms with van der Waals surface area (Å²) in [6, 6.07) is 19.7. The van der Waals surface area contributed by atoms with Gasteiger partial charge in [0, 0.05) is 11.1 Å². The molecule has 5 rings (SSSR count). The number of nitrogens with zero attached hydrogens (tertiary/aromatic N) is 2. The minimum Gasteiger partial charge on any atom is -0.337 e. The highest BCUT2D eigenvalue weighted by Crippen LogP contribution is 2.33. The van der Waals surface area contributed by atoms with Crippen LogP contribution >= 0.6 is 0 Å². The van der Waals surface area contributed by atoms with Crippen molar-refractivity contribution >= 4 is 22.1 Å². The largest absolute Gasteiger partial charge is 0.337 e. The van der Waals surface area contributed by atoms with Crippen molar-refractivity contribution in [2.75, 3.05) is 0 Å². The molecule has 0 aliphatic heterocycles. The van der Waals surface area contributed by atoms with E-state index in [1.807, 2.05) is 60.7 Å². The fraction of sp³-hybridized carbons (Fsp3) is 0. The van der Waals surface area contributed by atoms with Crippen LogP contribution in [0.4, 0.5) is 0 Å². The summed E-state index contributed by atoms with van der Waals surface area (Å²) in [5, 5.41) is 0. The van der Waals surface area contributed by atoms with Crippen LogP contribution in [0, 0.1) is 24.7 Å². The van der Waals surface area contributed by atoms with Crippen LogP contribution in [0.2, 0.25) is 0 Å². The van der Waals surface area contributed by atoms with Crippen molar-refractivity contribution in [1.29, 1.82) is 0 Å². The monoisotopic (exact) mass is 358 g/mol. The molecule has 0 fully saturated rings. The van der Waals surface area contributed by atoms with E-state index in [2.05, 4.69) is 21.8 Å². The van der Waals surface area contributed by atoms with Crippen LogP contribution in [0.1, 0.15) is 11.1 Å². The van der Waals surface area contributed by atoms with Gasteiger partial charge in [-0.2, -0.15) is 0 Å². The zero-order valence-corrected chi connectivity index (χ0v) is 14.8. The Kier molecular flexibility index (Phi) is 3.50. The summed E-state index contributed by atoms with van der Waals surface area (Å²) in [6.45, 7) is 0. The first-order chi connectivity index (χ1) is 13.8. The van der Waals surface area contributed by atoms with Crippen molar-refractivity contribution in [2.24, 2.45) is 0 Å². The maximum absolute atomic E-state index is 5.87. The second-order valence-corrected chi connectivity index (χ2v) is 6.39. The molecule has 28 heavy (non-hydrogen) atoms. The molecule has 2 heterocycles. The van der Waals surface area contributed by atoms with Crippen LogP contribution in [-0.2, 0) is 0 Å². The lowest BCUT2D eigenvalue weighted by Gasteiger charge is -2.00. The van der Waals surface area contributed by atoms with Crippen molar-refractivity contribution in [3.63, 3.8) is 0 Å². The van der Waals surface area contributed by atoms with E-state index >= 15 is 0 Å². The predicted octanol–water partition coefficient (Wildman–Crippen LogP) is 4.74.